The molecule has 0 aliphatic carbocycles. The summed E-state index contributed by atoms with van der Waals surface area (Å²) >= 11 is 1.60. The molecular formula is C11H19IN4OS. The minimum Gasteiger partial charge on any atom is -0.383 e. The summed E-state index contributed by atoms with van der Waals surface area (Å²) in [5.41, 5.74) is 0. The molecule has 7 heteroatoms. The Labute approximate surface area is 129 Å². The highest BCUT2D eigenvalue weighted by Gasteiger charge is 1.98. The van der Waals surface area contributed by atoms with E-state index >= 15 is 0 Å². The first kappa shape index (κ1) is 17.3. The van der Waals surface area contributed by atoms with E-state index in [2.05, 4.69) is 27.2 Å². The maximum Gasteiger partial charge on any atom is 0.192 e. The summed E-state index contributed by atoms with van der Waals surface area (Å²) < 4.78 is 4.97. The van der Waals surface area contributed by atoms with Crippen LogP contribution in [0.15, 0.2) is 29.2 Å². The number of nitrogens with zero attached hydrogens (tertiary/aromatic N) is 2. The van der Waals surface area contributed by atoms with Gasteiger partial charge in [-0.3, -0.25) is 0 Å². The van der Waals surface area contributed by atoms with Crippen molar-refractivity contribution < 1.29 is 4.74 Å². The molecule has 2 N–H and O–H groups in total. The summed E-state index contributed by atoms with van der Waals surface area (Å²) in [6.45, 7) is 6.28. The molecule has 5 nitrogen and oxygen atoms in total. The van der Waals surface area contributed by atoms with Crippen molar-refractivity contribution in [3.8, 4) is 0 Å². The molecular weight excluding hydrogens is 363 g/mol. The highest BCUT2D eigenvalue weighted by atomic mass is 127. The maximum atomic E-state index is 4.97. The van der Waals surface area contributed by atoms with Crippen LogP contribution >= 0.6 is 35.3 Å². The van der Waals surface area contributed by atoms with Crippen molar-refractivity contribution in [3.63, 3.8) is 0 Å². The Morgan fingerprint density at radius 3 is 3.06 bits per heavy atom. The minimum absolute atomic E-state index is 0. The highest BCUT2D eigenvalue weighted by molar-refractivity contribution is 14.0. The zero-order valence-corrected chi connectivity index (χ0v) is 13.5. The lowest BCUT2D eigenvalue weighted by Gasteiger charge is -2.10. The normalized spacial score (nSPS) is 10.6. The van der Waals surface area contributed by atoms with Gasteiger partial charge in [-0.05, 0) is 0 Å². The van der Waals surface area contributed by atoms with E-state index in [0.717, 1.165) is 17.5 Å². The molecule has 0 fully saturated rings. The number of methoxy groups -OCH3 is 1. The molecule has 0 unspecified atom stereocenters. The third-order valence-corrected chi connectivity index (χ3v) is 2.63. The average Bonchev–Trinajstić information content (AvgIpc) is 2.85. The number of guanidine groups is 1. The van der Waals surface area contributed by atoms with E-state index in [4.69, 9.17) is 4.74 Å². The molecule has 0 saturated heterocycles. The van der Waals surface area contributed by atoms with Crippen molar-refractivity contribution in [2.24, 2.45) is 4.99 Å². The van der Waals surface area contributed by atoms with Gasteiger partial charge in [0.05, 0.1) is 13.2 Å². The molecule has 1 aromatic heterocycles. The second-order valence-corrected chi connectivity index (χ2v) is 4.16. The van der Waals surface area contributed by atoms with Crippen molar-refractivity contribution in [1.82, 2.24) is 15.6 Å². The van der Waals surface area contributed by atoms with Crippen LogP contribution in [0.3, 0.4) is 0 Å². The van der Waals surface area contributed by atoms with Crippen LogP contribution in [0.1, 0.15) is 5.01 Å². The van der Waals surface area contributed by atoms with Crippen LogP contribution in [0.4, 0.5) is 0 Å². The van der Waals surface area contributed by atoms with Gasteiger partial charge in [-0.1, -0.05) is 6.08 Å². The Kier molecular flexibility index (Phi) is 11.0. The van der Waals surface area contributed by atoms with E-state index in [9.17, 15) is 0 Å². The predicted octanol–water partition coefficient (Wildman–Crippen LogP) is 1.63. The van der Waals surface area contributed by atoms with Gasteiger partial charge in [0.25, 0.3) is 0 Å². The number of aromatic nitrogens is 1. The van der Waals surface area contributed by atoms with Crippen LogP contribution in [0.5, 0.6) is 0 Å². The Bertz CT molecular complexity index is 343. The van der Waals surface area contributed by atoms with Gasteiger partial charge in [0, 0.05) is 31.8 Å². The number of aliphatic imine (C=N–C) groups is 1. The number of ether oxygens (including phenoxy) is 1. The van der Waals surface area contributed by atoms with Crippen molar-refractivity contribution in [2.45, 2.75) is 6.54 Å². The Balaban J connectivity index is 0.00000289. The van der Waals surface area contributed by atoms with Crippen LogP contribution < -0.4 is 10.6 Å². The lowest BCUT2D eigenvalue weighted by Crippen LogP contribution is -2.39. The molecule has 0 aromatic carbocycles. The molecule has 18 heavy (non-hydrogen) atoms. The molecule has 0 spiro atoms. The zero-order valence-electron chi connectivity index (χ0n) is 10.4. The molecule has 0 aliphatic heterocycles. The fraction of sp³-hybridized carbons (Fsp3) is 0.455. The second kappa shape index (κ2) is 11.4. The fourth-order valence-electron chi connectivity index (χ4n) is 1.09. The smallest absolute Gasteiger partial charge is 0.192 e. The number of hydrogen-bond donors (Lipinski definition) is 2. The molecule has 0 atom stereocenters. The number of rotatable bonds is 7. The Hall–Kier alpha value is -0.670. The van der Waals surface area contributed by atoms with Gasteiger partial charge in [-0.2, -0.15) is 0 Å². The van der Waals surface area contributed by atoms with Gasteiger partial charge >= 0.3 is 0 Å². The van der Waals surface area contributed by atoms with Crippen molar-refractivity contribution in [1.29, 1.82) is 0 Å². The largest absolute Gasteiger partial charge is 0.383 e. The number of nitrogens with one attached hydrogen (secondary N) is 2. The average molecular weight is 382 g/mol. The summed E-state index contributed by atoms with van der Waals surface area (Å²) in [5.74, 6) is 0.747. The summed E-state index contributed by atoms with van der Waals surface area (Å²) in [4.78, 5) is 8.59. The number of hydrogen-bond acceptors (Lipinski definition) is 4. The van der Waals surface area contributed by atoms with Gasteiger partial charge in [0.1, 0.15) is 5.01 Å². The Morgan fingerprint density at radius 2 is 2.44 bits per heavy atom. The van der Waals surface area contributed by atoms with E-state index in [-0.39, 0.29) is 24.0 Å². The van der Waals surface area contributed by atoms with Crippen molar-refractivity contribution >= 4 is 41.3 Å². The first-order chi connectivity index (χ1) is 8.36. The van der Waals surface area contributed by atoms with E-state index in [1.54, 1.807) is 30.7 Å². The molecule has 1 heterocycles. The van der Waals surface area contributed by atoms with E-state index in [1.807, 2.05) is 5.38 Å². The highest BCUT2D eigenvalue weighted by Crippen LogP contribution is 2.04. The van der Waals surface area contributed by atoms with E-state index < -0.39 is 0 Å². The summed E-state index contributed by atoms with van der Waals surface area (Å²) in [5, 5.41) is 9.23. The third kappa shape index (κ3) is 7.62. The number of halogens is 1. The van der Waals surface area contributed by atoms with Crippen LogP contribution in [0.2, 0.25) is 0 Å². The van der Waals surface area contributed by atoms with Gasteiger partial charge in [-0.15, -0.1) is 41.9 Å². The molecule has 102 valence electrons. The topological polar surface area (TPSA) is 58.5 Å². The molecule has 0 saturated carbocycles. The van der Waals surface area contributed by atoms with E-state index in [1.165, 1.54) is 0 Å². The first-order valence-electron chi connectivity index (χ1n) is 5.37. The SMILES string of the molecule is C=CCNC(=NCc1nccs1)NCCOC.I. The van der Waals surface area contributed by atoms with Crippen LogP contribution in [-0.2, 0) is 11.3 Å². The van der Waals surface area contributed by atoms with Gasteiger partial charge in [0.15, 0.2) is 5.96 Å². The third-order valence-electron chi connectivity index (χ3n) is 1.87. The second-order valence-electron chi connectivity index (χ2n) is 3.18. The summed E-state index contributed by atoms with van der Waals surface area (Å²) in [6, 6.07) is 0. The monoisotopic (exact) mass is 382 g/mol. The van der Waals surface area contributed by atoms with Crippen molar-refractivity contribution in [3.05, 3.63) is 29.2 Å². The molecule has 0 amide bonds. The Morgan fingerprint density at radius 1 is 1.61 bits per heavy atom. The van der Waals surface area contributed by atoms with Gasteiger partial charge in [0.2, 0.25) is 0 Å². The lowest BCUT2D eigenvalue weighted by atomic mass is 10.6. The van der Waals surface area contributed by atoms with Crippen LogP contribution in [-0.4, -0.2) is 37.7 Å². The fourth-order valence-corrected chi connectivity index (χ4v) is 1.63. The minimum atomic E-state index is 0. The lowest BCUT2D eigenvalue weighted by molar-refractivity contribution is 0.203. The quantitative estimate of drug-likeness (QED) is 0.248. The molecule has 1 rings (SSSR count). The molecule has 1 aromatic rings. The summed E-state index contributed by atoms with van der Waals surface area (Å²) in [7, 11) is 1.67. The van der Waals surface area contributed by atoms with Gasteiger partial charge < -0.3 is 15.4 Å². The summed E-state index contributed by atoms with van der Waals surface area (Å²) in [6.07, 6.45) is 3.57. The van der Waals surface area contributed by atoms with Gasteiger partial charge in [-0.25, -0.2) is 9.98 Å². The predicted molar refractivity (Wildman–Crippen MR) is 86.7 cm³/mol. The van der Waals surface area contributed by atoms with Crippen LogP contribution in [0, 0.1) is 0 Å². The molecule has 0 aliphatic rings. The molecule has 0 bridgehead atoms. The number of thiazole rings is 1. The first-order valence-corrected chi connectivity index (χ1v) is 6.25. The van der Waals surface area contributed by atoms with E-state index in [0.29, 0.717) is 19.7 Å². The molecule has 0 radical (unpaired) electrons. The maximum absolute atomic E-state index is 4.97. The van der Waals surface area contributed by atoms with Crippen LogP contribution in [0.25, 0.3) is 0 Å². The zero-order chi connectivity index (χ0) is 12.3. The van der Waals surface area contributed by atoms with Crippen molar-refractivity contribution in [2.75, 3.05) is 26.8 Å². The standard InChI is InChI=1S/C11H18N4OS.HI/c1-3-4-13-11(14-5-7-16-2)15-9-10-12-6-8-17-10;/h3,6,8H,1,4-5,7,9H2,2H3,(H2,13,14,15);1H.